The fourth-order valence-corrected chi connectivity index (χ4v) is 2.00. The molecule has 5 nitrogen and oxygen atoms in total. The minimum atomic E-state index is -5.08. The summed E-state index contributed by atoms with van der Waals surface area (Å²) < 4.78 is 73.8. The molecule has 0 aromatic carbocycles. The van der Waals surface area contributed by atoms with Gasteiger partial charge in [-0.15, -0.1) is 0 Å². The molecule has 0 atom stereocenters. The summed E-state index contributed by atoms with van der Waals surface area (Å²) in [6, 6.07) is 0.0259. The quantitative estimate of drug-likeness (QED) is 0.739. The number of halogens is 6. The summed E-state index contributed by atoms with van der Waals surface area (Å²) >= 11 is 0. The molecular weight excluding hydrogens is 334 g/mol. The third-order valence-electron chi connectivity index (χ3n) is 3.03. The van der Waals surface area contributed by atoms with Gasteiger partial charge in [-0.2, -0.15) is 26.3 Å². The second-order valence-electron chi connectivity index (χ2n) is 4.86. The summed E-state index contributed by atoms with van der Waals surface area (Å²) in [4.78, 5) is 10.4. The van der Waals surface area contributed by atoms with Gasteiger partial charge in [0.15, 0.2) is 0 Å². The van der Waals surface area contributed by atoms with Crippen molar-refractivity contribution in [3.63, 3.8) is 0 Å². The van der Waals surface area contributed by atoms with Gasteiger partial charge < -0.3 is 15.2 Å². The van der Waals surface area contributed by atoms with Crippen LogP contribution in [0.1, 0.15) is 12.8 Å². The largest absolute Gasteiger partial charge is 0.490 e. The normalized spacial score (nSPS) is 16.9. The van der Waals surface area contributed by atoms with Crippen molar-refractivity contribution in [3.8, 4) is 0 Å². The molecule has 0 unspecified atom stereocenters. The van der Waals surface area contributed by atoms with Crippen molar-refractivity contribution in [2.24, 2.45) is 0 Å². The van der Waals surface area contributed by atoms with Crippen LogP contribution in [0.2, 0.25) is 0 Å². The lowest BCUT2D eigenvalue weighted by atomic mass is 10.0. The predicted octanol–water partition coefficient (Wildman–Crippen LogP) is 1.88. The zero-order valence-electron chi connectivity index (χ0n) is 12.5. The highest BCUT2D eigenvalue weighted by Gasteiger charge is 2.38. The van der Waals surface area contributed by atoms with E-state index in [0.29, 0.717) is 13.2 Å². The lowest BCUT2D eigenvalue weighted by molar-refractivity contribution is -0.192. The van der Waals surface area contributed by atoms with E-state index in [4.69, 9.17) is 14.6 Å². The third kappa shape index (κ3) is 11.2. The van der Waals surface area contributed by atoms with E-state index in [0.717, 1.165) is 25.9 Å². The first kappa shape index (κ1) is 21.9. The van der Waals surface area contributed by atoms with E-state index in [-0.39, 0.29) is 6.04 Å². The number of ether oxygens (including phenoxy) is 1. The highest BCUT2D eigenvalue weighted by molar-refractivity contribution is 5.73. The molecule has 2 N–H and O–H groups in total. The molecule has 0 aliphatic carbocycles. The van der Waals surface area contributed by atoms with Crippen molar-refractivity contribution >= 4 is 5.97 Å². The molecule has 0 bridgehead atoms. The summed E-state index contributed by atoms with van der Waals surface area (Å²) in [7, 11) is 1.51. The molecule has 11 heteroatoms. The summed E-state index contributed by atoms with van der Waals surface area (Å²) in [5, 5.41) is 10.3. The second kappa shape index (κ2) is 9.93. The zero-order chi connectivity index (χ0) is 18.1. The van der Waals surface area contributed by atoms with E-state index < -0.39 is 24.9 Å². The van der Waals surface area contributed by atoms with Crippen LogP contribution in [-0.2, 0) is 9.53 Å². The number of nitrogens with one attached hydrogen (secondary N) is 1. The van der Waals surface area contributed by atoms with Crippen LogP contribution < -0.4 is 5.32 Å². The number of aliphatic carboxylic acids is 1. The molecule has 1 rings (SSSR count). The summed E-state index contributed by atoms with van der Waals surface area (Å²) in [5.41, 5.74) is 0. The van der Waals surface area contributed by atoms with E-state index in [1.807, 2.05) is 0 Å². The van der Waals surface area contributed by atoms with Crippen LogP contribution >= 0.6 is 0 Å². The number of piperidine rings is 1. The maximum absolute atomic E-state index is 12.4. The molecule has 0 radical (unpaired) electrons. The van der Waals surface area contributed by atoms with E-state index in [2.05, 4.69) is 5.32 Å². The number of hydrogen-bond donors (Lipinski definition) is 2. The van der Waals surface area contributed by atoms with Crippen molar-refractivity contribution in [1.82, 2.24) is 10.2 Å². The summed E-state index contributed by atoms with van der Waals surface area (Å²) in [6.45, 7) is 1.46. The lowest BCUT2D eigenvalue weighted by Crippen LogP contribution is -2.48. The Kier molecular flexibility index (Phi) is 9.47. The smallest absolute Gasteiger partial charge is 0.475 e. The van der Waals surface area contributed by atoms with Crippen molar-refractivity contribution < 1.29 is 41.0 Å². The molecular formula is C12H20F6N2O3. The molecule has 23 heavy (non-hydrogen) atoms. The Labute approximate surface area is 129 Å². The monoisotopic (exact) mass is 354 g/mol. The fraction of sp³-hybridized carbons (Fsp3) is 0.917. The minimum absolute atomic E-state index is 0.0259. The first-order valence-corrected chi connectivity index (χ1v) is 6.78. The second-order valence-corrected chi connectivity index (χ2v) is 4.86. The molecule has 0 aromatic heterocycles. The van der Waals surface area contributed by atoms with Crippen molar-refractivity contribution in [3.05, 3.63) is 0 Å². The Morgan fingerprint density at radius 3 is 2.04 bits per heavy atom. The number of alkyl halides is 6. The molecule has 138 valence electrons. The standard InChI is InChI=1S/C10H19F3N2O.C2HF3O2/c1-16-7-6-15(8-10(11,12)13)9-2-4-14-5-3-9;3-2(4,5)1(6)7/h9,14H,2-8H2,1H3;(H,6,7). The number of methoxy groups -OCH3 is 1. The van der Waals surface area contributed by atoms with Gasteiger partial charge >= 0.3 is 18.3 Å². The fourth-order valence-electron chi connectivity index (χ4n) is 2.00. The number of carboxylic acids is 1. The molecule has 0 aromatic rings. The third-order valence-corrected chi connectivity index (χ3v) is 3.03. The van der Waals surface area contributed by atoms with Crippen LogP contribution in [-0.4, -0.2) is 74.3 Å². The van der Waals surface area contributed by atoms with Gasteiger partial charge in [0, 0.05) is 19.7 Å². The van der Waals surface area contributed by atoms with Gasteiger partial charge in [-0.05, 0) is 25.9 Å². The first-order valence-electron chi connectivity index (χ1n) is 6.78. The van der Waals surface area contributed by atoms with Crippen LogP contribution in [0.15, 0.2) is 0 Å². The highest BCUT2D eigenvalue weighted by atomic mass is 19.4. The molecule has 0 amide bonds. The maximum Gasteiger partial charge on any atom is 0.490 e. The Balaban J connectivity index is 0.000000585. The maximum atomic E-state index is 12.4. The van der Waals surface area contributed by atoms with Gasteiger partial charge in [0.25, 0.3) is 0 Å². The first-order chi connectivity index (χ1) is 10.5. The Morgan fingerprint density at radius 2 is 1.70 bits per heavy atom. The Morgan fingerprint density at radius 1 is 1.22 bits per heavy atom. The molecule has 0 saturated carbocycles. The molecule has 0 spiro atoms. The van der Waals surface area contributed by atoms with Gasteiger partial charge in [0.2, 0.25) is 0 Å². The number of rotatable bonds is 5. The van der Waals surface area contributed by atoms with Gasteiger partial charge in [-0.3, -0.25) is 4.90 Å². The molecule has 1 aliphatic heterocycles. The number of hydrogen-bond acceptors (Lipinski definition) is 4. The molecule has 1 heterocycles. The van der Waals surface area contributed by atoms with Crippen LogP contribution in [0.4, 0.5) is 26.3 Å². The number of nitrogens with zero attached hydrogens (tertiary/aromatic N) is 1. The molecule has 1 fully saturated rings. The average Bonchev–Trinajstić information content (AvgIpc) is 2.43. The average molecular weight is 354 g/mol. The molecule has 1 saturated heterocycles. The van der Waals surface area contributed by atoms with E-state index >= 15 is 0 Å². The minimum Gasteiger partial charge on any atom is -0.475 e. The zero-order valence-corrected chi connectivity index (χ0v) is 12.5. The predicted molar refractivity (Wildman–Crippen MR) is 69.1 cm³/mol. The number of carboxylic acid groups (broad SMARTS) is 1. The Bertz CT molecular complexity index is 343. The van der Waals surface area contributed by atoms with Gasteiger partial charge in [-0.1, -0.05) is 0 Å². The summed E-state index contributed by atoms with van der Waals surface area (Å²) in [5.74, 6) is -2.76. The molecule has 1 aliphatic rings. The topological polar surface area (TPSA) is 61.8 Å². The lowest BCUT2D eigenvalue weighted by Gasteiger charge is -2.34. The summed E-state index contributed by atoms with van der Waals surface area (Å²) in [6.07, 6.45) is -7.65. The highest BCUT2D eigenvalue weighted by Crippen LogP contribution is 2.20. The van der Waals surface area contributed by atoms with E-state index in [9.17, 15) is 26.3 Å². The van der Waals surface area contributed by atoms with Crippen LogP contribution in [0.5, 0.6) is 0 Å². The van der Waals surface area contributed by atoms with Gasteiger partial charge in [0.05, 0.1) is 13.2 Å². The van der Waals surface area contributed by atoms with Crippen molar-refractivity contribution in [1.29, 1.82) is 0 Å². The van der Waals surface area contributed by atoms with Gasteiger partial charge in [0.1, 0.15) is 0 Å². The van der Waals surface area contributed by atoms with Gasteiger partial charge in [-0.25, -0.2) is 4.79 Å². The van der Waals surface area contributed by atoms with Crippen LogP contribution in [0, 0.1) is 0 Å². The van der Waals surface area contributed by atoms with Crippen LogP contribution in [0.25, 0.3) is 0 Å². The number of carbonyl (C=O) groups is 1. The van der Waals surface area contributed by atoms with Crippen LogP contribution in [0.3, 0.4) is 0 Å². The van der Waals surface area contributed by atoms with Crippen molar-refractivity contribution in [2.75, 3.05) is 39.9 Å². The van der Waals surface area contributed by atoms with E-state index in [1.165, 1.54) is 12.0 Å². The van der Waals surface area contributed by atoms with Crippen molar-refractivity contribution in [2.45, 2.75) is 31.2 Å². The van der Waals surface area contributed by atoms with E-state index in [1.54, 1.807) is 0 Å². The SMILES string of the molecule is COCCN(CC(F)(F)F)C1CCNCC1.O=C(O)C(F)(F)F. The Hall–Kier alpha value is -1.07.